The Morgan fingerprint density at radius 2 is 1.96 bits per heavy atom. The fraction of sp³-hybridized carbons (Fsp3) is 0.118. The highest BCUT2D eigenvalue weighted by Gasteiger charge is 2.09. The Bertz CT molecular complexity index is 879. The predicted octanol–water partition coefficient (Wildman–Crippen LogP) is 4.60. The fourth-order valence-electron chi connectivity index (χ4n) is 1.98. The van der Waals surface area contributed by atoms with Gasteiger partial charge in [0.15, 0.2) is 6.61 Å². The van der Waals surface area contributed by atoms with Crippen molar-refractivity contribution < 1.29 is 14.1 Å². The van der Waals surface area contributed by atoms with Gasteiger partial charge in [0.1, 0.15) is 5.75 Å². The summed E-state index contributed by atoms with van der Waals surface area (Å²) in [6.07, 6.45) is 1.47. The molecule has 1 aromatic heterocycles. The van der Waals surface area contributed by atoms with Crippen molar-refractivity contribution >= 4 is 29.4 Å². The minimum absolute atomic E-state index is 0.0395. The summed E-state index contributed by atoms with van der Waals surface area (Å²) in [5.41, 5.74) is 1.46. The highest BCUT2D eigenvalue weighted by Crippen LogP contribution is 2.24. The van der Waals surface area contributed by atoms with E-state index in [-0.39, 0.29) is 6.61 Å². The molecular weight excluding hydrogens is 365 g/mol. The van der Waals surface area contributed by atoms with Crippen molar-refractivity contribution in [3.63, 3.8) is 0 Å². The average molecular weight is 378 g/mol. The molecule has 3 aromatic rings. The molecule has 0 aliphatic carbocycles. The summed E-state index contributed by atoms with van der Waals surface area (Å²) in [4.78, 5) is 9.40. The van der Waals surface area contributed by atoms with Crippen LogP contribution in [0, 0.1) is 0 Å². The van der Waals surface area contributed by atoms with Crippen molar-refractivity contribution in [2.45, 2.75) is 6.61 Å². The topological polar surface area (TPSA) is 69.7 Å². The van der Waals surface area contributed by atoms with E-state index in [9.17, 15) is 0 Å². The smallest absolute Gasteiger partial charge is 0.267 e. The Morgan fingerprint density at radius 1 is 1.16 bits per heavy atom. The second kappa shape index (κ2) is 8.00. The molecule has 0 spiro atoms. The molecule has 8 heteroatoms. The molecule has 0 N–H and O–H groups in total. The molecular formula is C17H13Cl2N3O3. The van der Waals surface area contributed by atoms with E-state index in [1.165, 1.54) is 6.21 Å². The SMILES string of the molecule is COc1ccc(-c2noc(CO/N=C\c3cccc(Cl)c3Cl)n2)cc1. The van der Waals surface area contributed by atoms with Gasteiger partial charge in [-0.2, -0.15) is 4.98 Å². The summed E-state index contributed by atoms with van der Waals surface area (Å²) in [5, 5.41) is 8.60. The number of methoxy groups -OCH3 is 1. The van der Waals surface area contributed by atoms with Crippen LogP contribution >= 0.6 is 23.2 Å². The van der Waals surface area contributed by atoms with E-state index in [1.54, 1.807) is 25.3 Å². The first-order valence-corrected chi connectivity index (χ1v) is 7.99. The maximum Gasteiger partial charge on any atom is 0.267 e. The van der Waals surface area contributed by atoms with Gasteiger partial charge in [-0.25, -0.2) is 0 Å². The molecule has 0 aliphatic heterocycles. The highest BCUT2D eigenvalue weighted by atomic mass is 35.5. The molecule has 0 amide bonds. The normalized spacial score (nSPS) is 11.0. The second-order valence-electron chi connectivity index (χ2n) is 4.89. The van der Waals surface area contributed by atoms with Gasteiger partial charge in [-0.05, 0) is 30.3 Å². The Hall–Kier alpha value is -2.57. The van der Waals surface area contributed by atoms with Crippen molar-refractivity contribution in [3.8, 4) is 17.1 Å². The van der Waals surface area contributed by atoms with Crippen molar-refractivity contribution in [1.29, 1.82) is 0 Å². The first kappa shape index (κ1) is 17.3. The summed E-state index contributed by atoms with van der Waals surface area (Å²) in [6, 6.07) is 12.6. The van der Waals surface area contributed by atoms with Crippen LogP contribution in [-0.4, -0.2) is 23.5 Å². The van der Waals surface area contributed by atoms with Crippen LogP contribution in [-0.2, 0) is 11.4 Å². The van der Waals surface area contributed by atoms with E-state index in [4.69, 9.17) is 37.3 Å². The van der Waals surface area contributed by atoms with E-state index in [2.05, 4.69) is 15.3 Å². The van der Waals surface area contributed by atoms with Crippen LogP contribution in [0.5, 0.6) is 5.75 Å². The number of halogens is 2. The molecule has 0 bridgehead atoms. The third-order valence-corrected chi connectivity index (χ3v) is 4.09. The zero-order valence-electron chi connectivity index (χ0n) is 13.1. The second-order valence-corrected chi connectivity index (χ2v) is 5.68. The quantitative estimate of drug-likeness (QED) is 0.463. The number of aromatic nitrogens is 2. The third-order valence-electron chi connectivity index (χ3n) is 3.25. The fourth-order valence-corrected chi connectivity index (χ4v) is 2.33. The number of oxime groups is 1. The lowest BCUT2D eigenvalue weighted by Crippen LogP contribution is -1.90. The van der Waals surface area contributed by atoms with Gasteiger partial charge in [0.25, 0.3) is 5.89 Å². The summed E-state index contributed by atoms with van der Waals surface area (Å²) in [6.45, 7) is 0.0395. The van der Waals surface area contributed by atoms with Crippen LogP contribution in [0.25, 0.3) is 11.4 Å². The number of benzene rings is 2. The van der Waals surface area contributed by atoms with E-state index >= 15 is 0 Å². The first-order chi connectivity index (χ1) is 12.2. The number of nitrogens with zero attached hydrogens (tertiary/aromatic N) is 3. The molecule has 3 rings (SSSR count). The molecule has 0 fully saturated rings. The Kier molecular flexibility index (Phi) is 5.53. The Balaban J connectivity index is 1.60. The molecule has 0 aliphatic rings. The monoisotopic (exact) mass is 377 g/mol. The molecule has 0 unspecified atom stereocenters. The van der Waals surface area contributed by atoms with E-state index < -0.39 is 0 Å². The van der Waals surface area contributed by atoms with Crippen LogP contribution in [0.15, 0.2) is 52.1 Å². The number of ether oxygens (including phenoxy) is 1. The molecule has 0 atom stereocenters. The number of rotatable bonds is 6. The van der Waals surface area contributed by atoms with Crippen LogP contribution in [0.4, 0.5) is 0 Å². The van der Waals surface area contributed by atoms with Gasteiger partial charge in [-0.15, -0.1) is 0 Å². The lowest BCUT2D eigenvalue weighted by molar-refractivity contribution is 0.107. The average Bonchev–Trinajstić information content (AvgIpc) is 3.11. The molecule has 2 aromatic carbocycles. The van der Waals surface area contributed by atoms with E-state index in [0.717, 1.165) is 11.3 Å². The molecule has 0 radical (unpaired) electrons. The van der Waals surface area contributed by atoms with Crippen LogP contribution in [0.2, 0.25) is 10.0 Å². The van der Waals surface area contributed by atoms with E-state index in [0.29, 0.717) is 27.3 Å². The maximum atomic E-state index is 6.05. The summed E-state index contributed by atoms with van der Waals surface area (Å²) in [5.74, 6) is 1.52. The lowest BCUT2D eigenvalue weighted by Gasteiger charge is -1.99. The lowest BCUT2D eigenvalue weighted by atomic mass is 10.2. The van der Waals surface area contributed by atoms with Crippen molar-refractivity contribution in [1.82, 2.24) is 10.1 Å². The van der Waals surface area contributed by atoms with Crippen LogP contribution < -0.4 is 4.74 Å². The van der Waals surface area contributed by atoms with Crippen molar-refractivity contribution in [2.24, 2.45) is 5.16 Å². The Morgan fingerprint density at radius 3 is 2.72 bits per heavy atom. The predicted molar refractivity (Wildman–Crippen MR) is 95.1 cm³/mol. The zero-order valence-corrected chi connectivity index (χ0v) is 14.7. The maximum absolute atomic E-state index is 6.05. The highest BCUT2D eigenvalue weighted by molar-refractivity contribution is 6.43. The largest absolute Gasteiger partial charge is 0.497 e. The van der Waals surface area contributed by atoms with Gasteiger partial charge in [0.2, 0.25) is 5.82 Å². The molecule has 0 saturated carbocycles. The molecule has 128 valence electrons. The third kappa shape index (κ3) is 4.29. The summed E-state index contributed by atoms with van der Waals surface area (Å²) >= 11 is 12.0. The molecule has 6 nitrogen and oxygen atoms in total. The standard InChI is InChI=1S/C17H13Cl2N3O3/c1-23-13-7-5-11(6-8-13)17-21-15(25-22-17)10-24-20-9-12-3-2-4-14(18)16(12)19/h2-9H,10H2,1H3/b20-9-. The molecule has 25 heavy (non-hydrogen) atoms. The number of hydrogen-bond acceptors (Lipinski definition) is 6. The van der Waals surface area contributed by atoms with Gasteiger partial charge in [-0.1, -0.05) is 45.6 Å². The van der Waals surface area contributed by atoms with Gasteiger partial charge in [0, 0.05) is 11.1 Å². The zero-order chi connectivity index (χ0) is 17.6. The van der Waals surface area contributed by atoms with Gasteiger partial charge >= 0.3 is 0 Å². The van der Waals surface area contributed by atoms with Gasteiger partial charge < -0.3 is 14.1 Å². The Labute approximate surface area is 154 Å². The molecule has 1 heterocycles. The first-order valence-electron chi connectivity index (χ1n) is 7.23. The summed E-state index contributed by atoms with van der Waals surface area (Å²) < 4.78 is 10.2. The van der Waals surface area contributed by atoms with Crippen molar-refractivity contribution in [2.75, 3.05) is 7.11 Å². The van der Waals surface area contributed by atoms with Crippen molar-refractivity contribution in [3.05, 3.63) is 64.0 Å². The van der Waals surface area contributed by atoms with Crippen LogP contribution in [0.1, 0.15) is 11.5 Å². The van der Waals surface area contributed by atoms with Gasteiger partial charge in [0.05, 0.1) is 23.4 Å². The molecule has 0 saturated heterocycles. The van der Waals surface area contributed by atoms with Gasteiger partial charge in [-0.3, -0.25) is 0 Å². The van der Waals surface area contributed by atoms with E-state index in [1.807, 2.05) is 24.3 Å². The van der Waals surface area contributed by atoms with Crippen LogP contribution in [0.3, 0.4) is 0 Å². The minimum Gasteiger partial charge on any atom is -0.497 e. The summed E-state index contributed by atoms with van der Waals surface area (Å²) in [7, 11) is 1.61. The minimum atomic E-state index is 0.0395. The number of hydrogen-bond donors (Lipinski definition) is 0.